The number of nitrogens with one attached hydrogen (secondary N) is 1. The first-order valence-corrected chi connectivity index (χ1v) is 7.23. The Hall–Kier alpha value is -2.44. The molecule has 0 bridgehead atoms. The highest BCUT2D eigenvalue weighted by atomic mass is 16.5. The van der Waals surface area contributed by atoms with Crippen molar-refractivity contribution in [2.75, 3.05) is 0 Å². The van der Waals surface area contributed by atoms with Gasteiger partial charge >= 0.3 is 5.97 Å². The highest BCUT2D eigenvalue weighted by Crippen LogP contribution is 2.27. The predicted molar refractivity (Wildman–Crippen MR) is 77.5 cm³/mol. The number of aromatic nitrogens is 2. The van der Waals surface area contributed by atoms with Gasteiger partial charge in [0.1, 0.15) is 0 Å². The molecule has 0 unspecified atom stereocenters. The van der Waals surface area contributed by atoms with Crippen LogP contribution in [0, 0.1) is 19.8 Å². The molecule has 1 amide bonds. The van der Waals surface area contributed by atoms with Crippen molar-refractivity contribution < 1.29 is 19.2 Å². The number of carbonyl (C=O) groups excluding carboxylic acids is 1. The fourth-order valence-electron chi connectivity index (χ4n) is 3.00. The number of aliphatic carboxylic acids is 1. The van der Waals surface area contributed by atoms with E-state index in [4.69, 9.17) is 9.63 Å². The standard InChI is InChI=1S/C15H17N3O4/c1-7-5-11(12-8(2)18-22-14(12)16-7)13(19)17-10-4-3-9(6-10)15(20)21/h5,9-10H,3-4,6H2,1-2H3,(H,17,19)(H,20,21)/t9-,10+/m0/s1. The van der Waals surface area contributed by atoms with Crippen molar-refractivity contribution in [2.45, 2.75) is 39.2 Å². The number of amides is 1. The van der Waals surface area contributed by atoms with Gasteiger partial charge in [-0.25, -0.2) is 4.98 Å². The first kappa shape index (κ1) is 14.5. The van der Waals surface area contributed by atoms with Gasteiger partial charge in [0.25, 0.3) is 11.6 Å². The van der Waals surface area contributed by atoms with Crippen LogP contribution in [0.3, 0.4) is 0 Å². The van der Waals surface area contributed by atoms with Gasteiger partial charge in [-0.3, -0.25) is 9.59 Å². The second-order valence-corrected chi connectivity index (χ2v) is 5.78. The summed E-state index contributed by atoms with van der Waals surface area (Å²) in [6.45, 7) is 3.54. The van der Waals surface area contributed by atoms with Crippen LogP contribution in [-0.4, -0.2) is 33.2 Å². The minimum atomic E-state index is -0.797. The quantitative estimate of drug-likeness (QED) is 0.896. The molecule has 1 aliphatic rings. The van der Waals surface area contributed by atoms with Crippen LogP contribution >= 0.6 is 0 Å². The molecule has 0 radical (unpaired) electrons. The first-order chi connectivity index (χ1) is 10.5. The number of aryl methyl sites for hydroxylation is 2. The summed E-state index contributed by atoms with van der Waals surface area (Å²) in [5, 5.41) is 16.4. The smallest absolute Gasteiger partial charge is 0.306 e. The van der Waals surface area contributed by atoms with Gasteiger partial charge in [0.2, 0.25) is 0 Å². The zero-order chi connectivity index (χ0) is 15.9. The van der Waals surface area contributed by atoms with Crippen molar-refractivity contribution in [1.29, 1.82) is 0 Å². The number of pyridine rings is 1. The number of hydrogen-bond donors (Lipinski definition) is 2. The Balaban J connectivity index is 1.84. The predicted octanol–water partition coefficient (Wildman–Crippen LogP) is 1.82. The zero-order valence-corrected chi connectivity index (χ0v) is 12.4. The summed E-state index contributed by atoms with van der Waals surface area (Å²) in [6.07, 6.45) is 1.74. The summed E-state index contributed by atoms with van der Waals surface area (Å²) in [6, 6.07) is 1.59. The zero-order valence-electron chi connectivity index (χ0n) is 12.4. The Bertz CT molecular complexity index is 753. The van der Waals surface area contributed by atoms with Crippen LogP contribution < -0.4 is 5.32 Å². The average molecular weight is 303 g/mol. The van der Waals surface area contributed by atoms with Crippen LogP contribution in [0.5, 0.6) is 0 Å². The van der Waals surface area contributed by atoms with Crippen LogP contribution in [0.25, 0.3) is 11.1 Å². The number of hydrogen-bond acceptors (Lipinski definition) is 5. The van der Waals surface area contributed by atoms with E-state index in [2.05, 4.69) is 15.5 Å². The van der Waals surface area contributed by atoms with Crippen LogP contribution in [-0.2, 0) is 4.79 Å². The molecular weight excluding hydrogens is 286 g/mol. The highest BCUT2D eigenvalue weighted by Gasteiger charge is 2.31. The van der Waals surface area contributed by atoms with E-state index in [0.29, 0.717) is 47.3 Å². The Morgan fingerprint density at radius 1 is 1.36 bits per heavy atom. The molecule has 0 spiro atoms. The van der Waals surface area contributed by atoms with Crippen LogP contribution in [0.2, 0.25) is 0 Å². The maximum atomic E-state index is 12.5. The molecule has 22 heavy (non-hydrogen) atoms. The van der Waals surface area contributed by atoms with Gasteiger partial charge in [-0.05, 0) is 39.2 Å². The topological polar surface area (TPSA) is 105 Å². The summed E-state index contributed by atoms with van der Waals surface area (Å²) >= 11 is 0. The number of carboxylic acids is 1. The summed E-state index contributed by atoms with van der Waals surface area (Å²) in [5.41, 5.74) is 2.10. The van der Waals surface area contributed by atoms with E-state index in [1.54, 1.807) is 19.9 Å². The summed E-state index contributed by atoms with van der Waals surface area (Å²) in [7, 11) is 0. The second-order valence-electron chi connectivity index (χ2n) is 5.78. The molecular formula is C15H17N3O4. The van der Waals surface area contributed by atoms with E-state index < -0.39 is 5.97 Å². The van der Waals surface area contributed by atoms with Crippen molar-refractivity contribution in [3.05, 3.63) is 23.0 Å². The highest BCUT2D eigenvalue weighted by molar-refractivity contribution is 6.06. The fraction of sp³-hybridized carbons (Fsp3) is 0.467. The van der Waals surface area contributed by atoms with Gasteiger partial charge in [0.05, 0.1) is 22.6 Å². The molecule has 0 aromatic carbocycles. The van der Waals surface area contributed by atoms with Gasteiger partial charge in [-0.15, -0.1) is 0 Å². The molecule has 2 aromatic rings. The molecule has 2 aromatic heterocycles. The van der Waals surface area contributed by atoms with E-state index >= 15 is 0 Å². The minimum Gasteiger partial charge on any atom is -0.481 e. The Kier molecular flexibility index (Phi) is 3.56. The van der Waals surface area contributed by atoms with Gasteiger partial charge in [-0.1, -0.05) is 5.16 Å². The number of nitrogens with zero attached hydrogens (tertiary/aromatic N) is 2. The van der Waals surface area contributed by atoms with Crippen molar-refractivity contribution in [3.8, 4) is 0 Å². The summed E-state index contributed by atoms with van der Waals surface area (Å²) in [4.78, 5) is 27.7. The van der Waals surface area contributed by atoms with Crippen molar-refractivity contribution >= 4 is 23.0 Å². The molecule has 2 atom stereocenters. The van der Waals surface area contributed by atoms with E-state index in [1.807, 2.05) is 0 Å². The normalized spacial score (nSPS) is 21.2. The van der Waals surface area contributed by atoms with Crippen LogP contribution in [0.1, 0.15) is 41.0 Å². The largest absolute Gasteiger partial charge is 0.481 e. The molecule has 0 aliphatic heterocycles. The molecule has 3 rings (SSSR count). The maximum absolute atomic E-state index is 12.5. The van der Waals surface area contributed by atoms with Gasteiger partial charge in [0.15, 0.2) is 0 Å². The molecule has 0 saturated heterocycles. The van der Waals surface area contributed by atoms with Crippen LogP contribution in [0.4, 0.5) is 0 Å². The van der Waals surface area contributed by atoms with E-state index in [-0.39, 0.29) is 17.9 Å². The third kappa shape index (κ3) is 2.54. The summed E-state index contributed by atoms with van der Waals surface area (Å²) in [5.74, 6) is -1.41. The molecule has 7 nitrogen and oxygen atoms in total. The number of carboxylic acid groups (broad SMARTS) is 1. The lowest BCUT2D eigenvalue weighted by molar-refractivity contribution is -0.141. The van der Waals surface area contributed by atoms with E-state index in [1.165, 1.54) is 0 Å². The summed E-state index contributed by atoms with van der Waals surface area (Å²) < 4.78 is 5.12. The van der Waals surface area contributed by atoms with Crippen LogP contribution in [0.15, 0.2) is 10.6 Å². The molecule has 1 fully saturated rings. The number of rotatable bonds is 3. The lowest BCUT2D eigenvalue weighted by atomic mass is 10.1. The van der Waals surface area contributed by atoms with E-state index in [0.717, 1.165) is 0 Å². The van der Waals surface area contributed by atoms with Crippen molar-refractivity contribution in [1.82, 2.24) is 15.5 Å². The molecule has 116 valence electrons. The van der Waals surface area contributed by atoms with Crippen molar-refractivity contribution in [3.63, 3.8) is 0 Å². The van der Waals surface area contributed by atoms with Gasteiger partial charge < -0.3 is 14.9 Å². The SMILES string of the molecule is Cc1cc(C(=O)N[C@@H]2CC[C@H](C(=O)O)C2)c2c(C)noc2n1. The molecule has 2 N–H and O–H groups in total. The Morgan fingerprint density at radius 3 is 2.82 bits per heavy atom. The third-order valence-electron chi connectivity index (χ3n) is 4.11. The lowest BCUT2D eigenvalue weighted by Gasteiger charge is -2.13. The van der Waals surface area contributed by atoms with E-state index in [9.17, 15) is 9.59 Å². The monoisotopic (exact) mass is 303 g/mol. The lowest BCUT2D eigenvalue weighted by Crippen LogP contribution is -2.33. The molecule has 7 heteroatoms. The number of fused-ring (bicyclic) bond motifs is 1. The molecule has 1 saturated carbocycles. The fourth-order valence-corrected chi connectivity index (χ4v) is 3.00. The molecule has 2 heterocycles. The first-order valence-electron chi connectivity index (χ1n) is 7.23. The van der Waals surface area contributed by atoms with Crippen molar-refractivity contribution in [2.24, 2.45) is 5.92 Å². The minimum absolute atomic E-state index is 0.114. The third-order valence-corrected chi connectivity index (χ3v) is 4.11. The Labute approximate surface area is 126 Å². The average Bonchev–Trinajstić information content (AvgIpc) is 3.05. The van der Waals surface area contributed by atoms with Gasteiger partial charge in [0, 0.05) is 11.7 Å². The second kappa shape index (κ2) is 5.40. The Morgan fingerprint density at radius 2 is 2.14 bits per heavy atom. The molecule has 1 aliphatic carbocycles. The van der Waals surface area contributed by atoms with Gasteiger partial charge in [-0.2, -0.15) is 0 Å². The maximum Gasteiger partial charge on any atom is 0.306 e. The number of carbonyl (C=O) groups is 2.